The van der Waals surface area contributed by atoms with Gasteiger partial charge in [0.15, 0.2) is 0 Å². The molecule has 2 aromatic rings. The molecule has 0 atom stereocenters. The molecule has 0 N–H and O–H groups in total. The van der Waals surface area contributed by atoms with Crippen LogP contribution in [0.25, 0.3) is 0 Å². The van der Waals surface area contributed by atoms with E-state index < -0.39 is 0 Å². The third-order valence-corrected chi connectivity index (χ3v) is 8.39. The Morgan fingerprint density at radius 2 is 1.25 bits per heavy atom. The first-order valence-corrected chi connectivity index (χ1v) is 15.7. The first kappa shape index (κ1) is 29.8. The maximum absolute atomic E-state index is 12.7. The van der Waals surface area contributed by atoms with Gasteiger partial charge in [0.1, 0.15) is 17.5 Å². The van der Waals surface area contributed by atoms with Crippen LogP contribution in [-0.4, -0.2) is 94.7 Å². The lowest BCUT2D eigenvalue weighted by atomic mass is 10.1. The average Bonchev–Trinajstić information content (AvgIpc) is 3.01. The van der Waals surface area contributed by atoms with Crippen molar-refractivity contribution in [3.05, 3.63) is 43.8 Å². The number of halogens is 2. The number of pyridine rings is 2. The number of rotatable bonds is 5. The zero-order valence-corrected chi connectivity index (χ0v) is 25.9. The van der Waals surface area contributed by atoms with E-state index in [4.69, 9.17) is 23.7 Å². The van der Waals surface area contributed by atoms with E-state index >= 15 is 0 Å². The minimum atomic E-state index is 0.0991. The van der Waals surface area contributed by atoms with Gasteiger partial charge >= 0.3 is 0 Å². The number of anilines is 2. The second-order valence-electron chi connectivity index (χ2n) is 10.2. The quantitative estimate of drug-likeness (QED) is 0.463. The Kier molecular flexibility index (Phi) is 11.1. The van der Waals surface area contributed by atoms with Gasteiger partial charge in [-0.3, -0.25) is 4.79 Å². The molecule has 2 aromatic heterocycles. The molecule has 0 bridgehead atoms. The number of aromatic nitrogens is 2. The van der Waals surface area contributed by atoms with Crippen molar-refractivity contribution in [3.8, 4) is 5.88 Å². The topological polar surface area (TPSA) is 87.5 Å². The lowest BCUT2D eigenvalue weighted by Gasteiger charge is -2.31. The third kappa shape index (κ3) is 7.98. The van der Waals surface area contributed by atoms with Crippen LogP contribution in [0.4, 0.5) is 11.4 Å². The summed E-state index contributed by atoms with van der Waals surface area (Å²) in [6, 6.07) is 4.24. The molecule has 6 heterocycles. The summed E-state index contributed by atoms with van der Waals surface area (Å²) in [4.78, 5) is 21.6. The molecule has 0 unspecified atom stereocenters. The number of hydrogen-bond acceptors (Lipinski definition) is 9. The van der Waals surface area contributed by atoms with Gasteiger partial charge in [-0.15, -0.1) is 0 Å². The second kappa shape index (κ2) is 15.0. The molecule has 4 aliphatic heterocycles. The molecule has 6 rings (SSSR count). The van der Waals surface area contributed by atoms with Gasteiger partial charge in [-0.2, -0.15) is 0 Å². The smallest absolute Gasteiger partial charge is 0.274 e. The summed E-state index contributed by atoms with van der Waals surface area (Å²) < 4.78 is 31.4. The maximum Gasteiger partial charge on any atom is 0.274 e. The van der Waals surface area contributed by atoms with Gasteiger partial charge in [0.25, 0.3) is 5.56 Å². The fourth-order valence-electron chi connectivity index (χ4n) is 5.31. The average molecular weight is 686 g/mol. The van der Waals surface area contributed by atoms with Gasteiger partial charge < -0.3 is 38.1 Å². The third-order valence-electron chi connectivity index (χ3n) is 7.52. The Bertz CT molecular complexity index is 1100. The Morgan fingerprint density at radius 3 is 1.88 bits per heavy atom. The molecule has 0 aliphatic carbocycles. The van der Waals surface area contributed by atoms with E-state index in [0.29, 0.717) is 13.2 Å². The van der Waals surface area contributed by atoms with Crippen LogP contribution in [0.1, 0.15) is 31.7 Å². The molecule has 4 aliphatic rings. The molecular formula is C28H38Br2N4O6. The zero-order valence-electron chi connectivity index (χ0n) is 22.8. The summed E-state index contributed by atoms with van der Waals surface area (Å²) >= 11 is 7.02. The first-order valence-electron chi connectivity index (χ1n) is 14.1. The van der Waals surface area contributed by atoms with E-state index in [2.05, 4.69) is 52.7 Å². The van der Waals surface area contributed by atoms with E-state index in [1.54, 1.807) is 6.20 Å². The van der Waals surface area contributed by atoms with E-state index in [-0.39, 0.29) is 17.7 Å². The van der Waals surface area contributed by atoms with E-state index in [1.807, 2.05) is 16.8 Å². The molecule has 0 radical (unpaired) electrons. The predicted octanol–water partition coefficient (Wildman–Crippen LogP) is 4.04. The van der Waals surface area contributed by atoms with Crippen molar-refractivity contribution in [2.24, 2.45) is 0 Å². The molecule has 4 saturated heterocycles. The molecule has 10 nitrogen and oxygen atoms in total. The normalized spacial score (nSPS) is 21.1. The number of nitrogens with zero attached hydrogens (tertiary/aromatic N) is 4. The van der Waals surface area contributed by atoms with Crippen LogP contribution in [0.2, 0.25) is 0 Å². The van der Waals surface area contributed by atoms with Crippen molar-refractivity contribution >= 4 is 43.2 Å². The van der Waals surface area contributed by atoms with Crippen molar-refractivity contribution in [3.63, 3.8) is 0 Å². The van der Waals surface area contributed by atoms with Gasteiger partial charge in [-0.25, -0.2) is 4.98 Å². The van der Waals surface area contributed by atoms with Crippen molar-refractivity contribution in [2.45, 2.75) is 37.8 Å². The highest BCUT2D eigenvalue weighted by molar-refractivity contribution is 9.10. The summed E-state index contributed by atoms with van der Waals surface area (Å²) in [6.45, 7) is 9.19. The van der Waals surface area contributed by atoms with Crippen LogP contribution in [-0.2, 0) is 18.9 Å². The molecule has 0 amide bonds. The second-order valence-corrected chi connectivity index (χ2v) is 12.0. The van der Waals surface area contributed by atoms with Gasteiger partial charge in [0, 0.05) is 79.6 Å². The predicted molar refractivity (Wildman–Crippen MR) is 160 cm³/mol. The van der Waals surface area contributed by atoms with Crippen molar-refractivity contribution in [2.75, 3.05) is 88.8 Å². The van der Waals surface area contributed by atoms with Crippen molar-refractivity contribution in [1.82, 2.24) is 9.55 Å². The maximum atomic E-state index is 12.7. The fourth-order valence-corrected chi connectivity index (χ4v) is 6.06. The number of morpholine rings is 2. The summed E-state index contributed by atoms with van der Waals surface area (Å²) in [7, 11) is 0. The molecule has 0 spiro atoms. The molecule has 220 valence electrons. The molecule has 0 saturated carbocycles. The Balaban J connectivity index is 0.000000161. The van der Waals surface area contributed by atoms with Crippen LogP contribution in [0.5, 0.6) is 5.88 Å². The minimum Gasteiger partial charge on any atom is -0.473 e. The lowest BCUT2D eigenvalue weighted by molar-refractivity contribution is 0.0238. The van der Waals surface area contributed by atoms with Crippen LogP contribution < -0.4 is 20.1 Å². The summed E-state index contributed by atoms with van der Waals surface area (Å²) in [5, 5.41) is 0. The number of hydrogen-bond donors (Lipinski definition) is 0. The van der Waals surface area contributed by atoms with Crippen molar-refractivity contribution in [1.29, 1.82) is 0 Å². The van der Waals surface area contributed by atoms with Crippen molar-refractivity contribution < 1.29 is 23.7 Å². The Hall–Kier alpha value is -1.70. The largest absolute Gasteiger partial charge is 0.473 e. The highest BCUT2D eigenvalue weighted by Crippen LogP contribution is 2.31. The highest BCUT2D eigenvalue weighted by atomic mass is 79.9. The summed E-state index contributed by atoms with van der Waals surface area (Å²) in [5.74, 6) is 0.724. The standard InChI is InChI=1S/2C14H19BrN2O3/c15-11-9-13(17-3-7-19-8-4-17)14(16-10-11)20-12-1-5-18-6-2-12;15-11-9-13(16-3-7-20-8-4-16)14(18)17(10-11)12-1-5-19-6-2-12/h2*9-10,12H,1-8H2. The fraction of sp³-hybridized carbons (Fsp3) is 0.643. The number of ether oxygens (including phenoxy) is 5. The molecular weight excluding hydrogens is 648 g/mol. The van der Waals surface area contributed by atoms with Gasteiger partial charge in [0.2, 0.25) is 5.88 Å². The Labute approximate surface area is 252 Å². The van der Waals surface area contributed by atoms with Gasteiger partial charge in [-0.1, -0.05) is 0 Å². The van der Waals surface area contributed by atoms with E-state index in [9.17, 15) is 4.79 Å². The molecule has 4 fully saturated rings. The highest BCUT2D eigenvalue weighted by Gasteiger charge is 2.23. The minimum absolute atomic E-state index is 0.0991. The summed E-state index contributed by atoms with van der Waals surface area (Å²) in [5.41, 5.74) is 1.92. The van der Waals surface area contributed by atoms with Crippen LogP contribution >= 0.6 is 31.9 Å². The zero-order chi connectivity index (χ0) is 27.7. The molecule has 0 aromatic carbocycles. The van der Waals surface area contributed by atoms with E-state index in [0.717, 1.165) is 118 Å². The van der Waals surface area contributed by atoms with Crippen LogP contribution in [0, 0.1) is 0 Å². The van der Waals surface area contributed by atoms with Crippen LogP contribution in [0.15, 0.2) is 38.3 Å². The van der Waals surface area contributed by atoms with Gasteiger partial charge in [0.05, 0.1) is 39.6 Å². The van der Waals surface area contributed by atoms with E-state index in [1.165, 1.54) is 0 Å². The Morgan fingerprint density at radius 1 is 0.725 bits per heavy atom. The summed E-state index contributed by atoms with van der Waals surface area (Å²) in [6.07, 6.45) is 7.57. The molecule has 12 heteroatoms. The van der Waals surface area contributed by atoms with Gasteiger partial charge in [-0.05, 0) is 56.8 Å². The monoisotopic (exact) mass is 684 g/mol. The SMILES string of the molecule is Brc1cnc(OC2CCOCC2)c(N2CCOCC2)c1.O=c1c(N2CCOCC2)cc(Br)cn1C1CCOCC1. The lowest BCUT2D eigenvalue weighted by Crippen LogP contribution is -2.41. The van der Waals surface area contributed by atoms with Crippen LogP contribution in [0.3, 0.4) is 0 Å². The first-order chi connectivity index (χ1) is 19.6. The molecule has 40 heavy (non-hydrogen) atoms.